The van der Waals surface area contributed by atoms with Crippen molar-refractivity contribution < 1.29 is 14.3 Å². The maximum atomic E-state index is 11.0. The van der Waals surface area contributed by atoms with E-state index >= 15 is 0 Å². The minimum Gasteiger partial charge on any atom is -0.464 e. The molecule has 0 aliphatic heterocycles. The molecule has 1 aromatic rings. The van der Waals surface area contributed by atoms with E-state index in [-0.39, 0.29) is 12.6 Å². The van der Waals surface area contributed by atoms with Crippen molar-refractivity contribution in [3.8, 4) is 0 Å². The average Bonchev–Trinajstić information content (AvgIpc) is 2.34. The van der Waals surface area contributed by atoms with E-state index in [1.54, 1.807) is 6.92 Å². The molecule has 1 rings (SSSR count). The number of anilines is 1. The van der Waals surface area contributed by atoms with Crippen LogP contribution in [0.1, 0.15) is 18.1 Å². The number of carbonyl (C=O) groups is 1. The van der Waals surface area contributed by atoms with Crippen molar-refractivity contribution in [3.63, 3.8) is 0 Å². The Hall–Kier alpha value is -1.55. The smallest absolute Gasteiger partial charge is 0.332 e. The van der Waals surface area contributed by atoms with Gasteiger partial charge in [0.1, 0.15) is 6.61 Å². The summed E-state index contributed by atoms with van der Waals surface area (Å²) in [4.78, 5) is 11.0. The lowest BCUT2D eigenvalue weighted by atomic mass is 10.1. The monoisotopic (exact) mass is 251 g/mol. The Kier molecular flexibility index (Phi) is 6.22. The molecular formula is C14H21NO3. The third-order valence-electron chi connectivity index (χ3n) is 2.69. The van der Waals surface area contributed by atoms with Crippen molar-refractivity contribution in [1.82, 2.24) is 0 Å². The van der Waals surface area contributed by atoms with Crippen molar-refractivity contribution in [1.29, 1.82) is 0 Å². The van der Waals surface area contributed by atoms with Crippen LogP contribution in [0, 0.1) is 13.8 Å². The van der Waals surface area contributed by atoms with Gasteiger partial charge in [-0.1, -0.05) is 12.1 Å². The highest BCUT2D eigenvalue weighted by atomic mass is 16.6. The Morgan fingerprint density at radius 3 is 2.83 bits per heavy atom. The van der Waals surface area contributed by atoms with Crippen molar-refractivity contribution in [3.05, 3.63) is 29.3 Å². The molecule has 0 amide bonds. The molecule has 0 unspecified atom stereocenters. The van der Waals surface area contributed by atoms with E-state index in [0.29, 0.717) is 19.8 Å². The zero-order valence-corrected chi connectivity index (χ0v) is 11.3. The molecule has 4 heteroatoms. The lowest BCUT2D eigenvalue weighted by molar-refractivity contribution is -0.148. The lowest BCUT2D eigenvalue weighted by Gasteiger charge is -2.11. The molecule has 1 aromatic carbocycles. The van der Waals surface area contributed by atoms with E-state index in [4.69, 9.17) is 9.47 Å². The maximum Gasteiger partial charge on any atom is 0.332 e. The first-order chi connectivity index (χ1) is 8.65. The molecule has 4 nitrogen and oxygen atoms in total. The third kappa shape index (κ3) is 4.75. The second-order valence-electron chi connectivity index (χ2n) is 4.03. The second-order valence-corrected chi connectivity index (χ2v) is 4.03. The zero-order chi connectivity index (χ0) is 13.4. The highest BCUT2D eigenvalue weighted by molar-refractivity contribution is 5.70. The van der Waals surface area contributed by atoms with Crippen molar-refractivity contribution in [2.24, 2.45) is 0 Å². The van der Waals surface area contributed by atoms with Crippen LogP contribution in [0.15, 0.2) is 18.2 Å². The number of ether oxygens (including phenoxy) is 2. The number of carbonyl (C=O) groups excluding carboxylic acids is 1. The van der Waals surface area contributed by atoms with Gasteiger partial charge in [-0.05, 0) is 38.0 Å². The molecule has 0 radical (unpaired) electrons. The molecule has 100 valence electrons. The number of aryl methyl sites for hydroxylation is 1. The quantitative estimate of drug-likeness (QED) is 0.596. The molecule has 0 fully saturated rings. The van der Waals surface area contributed by atoms with Crippen LogP contribution in [0.3, 0.4) is 0 Å². The zero-order valence-electron chi connectivity index (χ0n) is 11.3. The molecule has 0 aromatic heterocycles. The van der Waals surface area contributed by atoms with Gasteiger partial charge < -0.3 is 14.8 Å². The Labute approximate surface area is 108 Å². The fourth-order valence-corrected chi connectivity index (χ4v) is 1.56. The van der Waals surface area contributed by atoms with E-state index in [9.17, 15) is 4.79 Å². The summed E-state index contributed by atoms with van der Waals surface area (Å²) in [6.07, 6.45) is 0. The largest absolute Gasteiger partial charge is 0.464 e. The van der Waals surface area contributed by atoms with E-state index in [1.165, 1.54) is 11.1 Å². The minimum absolute atomic E-state index is 0.0162. The Morgan fingerprint density at radius 1 is 1.33 bits per heavy atom. The molecule has 0 heterocycles. The number of esters is 1. The molecule has 1 N–H and O–H groups in total. The van der Waals surface area contributed by atoms with Gasteiger partial charge in [0.2, 0.25) is 0 Å². The fraction of sp³-hybridized carbons (Fsp3) is 0.500. The van der Waals surface area contributed by atoms with Gasteiger partial charge in [0, 0.05) is 12.2 Å². The highest BCUT2D eigenvalue weighted by Crippen LogP contribution is 2.17. The predicted molar refractivity (Wildman–Crippen MR) is 71.9 cm³/mol. The van der Waals surface area contributed by atoms with Crippen molar-refractivity contribution >= 4 is 11.7 Å². The van der Waals surface area contributed by atoms with Gasteiger partial charge in [-0.3, -0.25) is 0 Å². The molecular weight excluding hydrogens is 230 g/mol. The topological polar surface area (TPSA) is 47.6 Å². The van der Waals surface area contributed by atoms with Gasteiger partial charge in [-0.2, -0.15) is 0 Å². The van der Waals surface area contributed by atoms with Gasteiger partial charge in [0.05, 0.1) is 13.2 Å². The standard InChI is InChI=1S/C14H21NO3/c1-4-18-14(16)10-17-9-8-15-13-7-5-6-11(2)12(13)3/h5-7,15H,4,8-10H2,1-3H3. The molecule has 0 aliphatic rings. The van der Waals surface area contributed by atoms with Crippen LogP contribution in [0.5, 0.6) is 0 Å². The van der Waals surface area contributed by atoms with Crippen LogP contribution in [-0.2, 0) is 14.3 Å². The number of nitrogens with one attached hydrogen (secondary N) is 1. The Morgan fingerprint density at radius 2 is 2.11 bits per heavy atom. The first-order valence-electron chi connectivity index (χ1n) is 6.18. The molecule has 0 saturated heterocycles. The first kappa shape index (κ1) is 14.5. The SMILES string of the molecule is CCOC(=O)COCCNc1cccc(C)c1C. The van der Waals surface area contributed by atoms with E-state index < -0.39 is 0 Å². The number of benzene rings is 1. The molecule has 18 heavy (non-hydrogen) atoms. The summed E-state index contributed by atoms with van der Waals surface area (Å²) in [6, 6.07) is 6.13. The summed E-state index contributed by atoms with van der Waals surface area (Å²) in [5.41, 5.74) is 3.60. The van der Waals surface area contributed by atoms with Crippen LogP contribution < -0.4 is 5.32 Å². The molecule has 0 atom stereocenters. The highest BCUT2D eigenvalue weighted by Gasteiger charge is 2.02. The average molecular weight is 251 g/mol. The van der Waals surface area contributed by atoms with E-state index in [2.05, 4.69) is 25.2 Å². The summed E-state index contributed by atoms with van der Waals surface area (Å²) in [6.45, 7) is 7.50. The third-order valence-corrected chi connectivity index (χ3v) is 2.69. The van der Waals surface area contributed by atoms with Gasteiger partial charge >= 0.3 is 5.97 Å². The van der Waals surface area contributed by atoms with Crippen LogP contribution in [-0.4, -0.2) is 32.3 Å². The first-order valence-corrected chi connectivity index (χ1v) is 6.18. The molecule has 0 spiro atoms. The van der Waals surface area contributed by atoms with Crippen molar-refractivity contribution in [2.45, 2.75) is 20.8 Å². The summed E-state index contributed by atoms with van der Waals surface area (Å²) >= 11 is 0. The van der Waals surface area contributed by atoms with Crippen LogP contribution in [0.4, 0.5) is 5.69 Å². The predicted octanol–water partition coefficient (Wildman–Crippen LogP) is 2.30. The Balaban J connectivity index is 2.22. The van der Waals surface area contributed by atoms with Crippen LogP contribution in [0.2, 0.25) is 0 Å². The summed E-state index contributed by atoms with van der Waals surface area (Å²) in [5.74, 6) is -0.316. The van der Waals surface area contributed by atoms with Crippen LogP contribution in [0.25, 0.3) is 0 Å². The van der Waals surface area contributed by atoms with Gasteiger partial charge in [0.15, 0.2) is 0 Å². The van der Waals surface area contributed by atoms with Gasteiger partial charge in [-0.25, -0.2) is 4.79 Å². The summed E-state index contributed by atoms with van der Waals surface area (Å²) in [5, 5.41) is 3.28. The number of rotatable bonds is 7. The Bertz CT molecular complexity index is 391. The normalized spacial score (nSPS) is 10.2. The second kappa shape index (κ2) is 7.71. The van der Waals surface area contributed by atoms with Crippen molar-refractivity contribution in [2.75, 3.05) is 31.7 Å². The minimum atomic E-state index is -0.316. The number of hydrogen-bond acceptors (Lipinski definition) is 4. The van der Waals surface area contributed by atoms with Gasteiger partial charge in [0.25, 0.3) is 0 Å². The molecule has 0 saturated carbocycles. The van der Waals surface area contributed by atoms with E-state index in [0.717, 1.165) is 5.69 Å². The van der Waals surface area contributed by atoms with Crippen LogP contribution >= 0.6 is 0 Å². The number of hydrogen-bond donors (Lipinski definition) is 1. The van der Waals surface area contributed by atoms with E-state index in [1.807, 2.05) is 12.1 Å². The lowest BCUT2D eigenvalue weighted by Crippen LogP contribution is -2.16. The fourth-order valence-electron chi connectivity index (χ4n) is 1.56. The molecule has 0 aliphatic carbocycles. The molecule has 0 bridgehead atoms. The summed E-state index contributed by atoms with van der Waals surface area (Å²) < 4.78 is 9.96. The maximum absolute atomic E-state index is 11.0. The van der Waals surface area contributed by atoms with Gasteiger partial charge in [-0.15, -0.1) is 0 Å². The summed E-state index contributed by atoms with van der Waals surface area (Å²) in [7, 11) is 0.